The zero-order valence-electron chi connectivity index (χ0n) is 11.1. The minimum absolute atomic E-state index is 0.326. The van der Waals surface area contributed by atoms with Crippen LogP contribution in [0.2, 0.25) is 0 Å². The molecule has 1 aliphatic rings. The van der Waals surface area contributed by atoms with E-state index in [2.05, 4.69) is 20.7 Å². The molecule has 2 rings (SSSR count). The molecule has 0 fully saturated rings. The summed E-state index contributed by atoms with van der Waals surface area (Å²) in [5.74, 6) is 0.305. The second kappa shape index (κ2) is 6.44. The van der Waals surface area contributed by atoms with Crippen molar-refractivity contribution in [1.82, 2.24) is 4.72 Å². The molecule has 0 saturated heterocycles. The first-order valence-electron chi connectivity index (χ1n) is 6.01. The molecule has 1 aromatic carbocycles. The van der Waals surface area contributed by atoms with Crippen LogP contribution in [0.4, 0.5) is 4.39 Å². The van der Waals surface area contributed by atoms with Crippen molar-refractivity contribution in [2.45, 2.75) is 6.42 Å². The minimum atomic E-state index is -3.35. The van der Waals surface area contributed by atoms with E-state index in [0.717, 1.165) is 6.26 Å². The molecule has 1 aliphatic carbocycles. The highest BCUT2D eigenvalue weighted by atomic mass is 79.9. The molecular formula is C14H13BrFNO3S. The molecule has 7 heteroatoms. The highest BCUT2D eigenvalue weighted by Crippen LogP contribution is 2.23. The molecule has 0 unspecified atom stereocenters. The summed E-state index contributed by atoms with van der Waals surface area (Å²) in [4.78, 5) is 0. The second-order valence-electron chi connectivity index (χ2n) is 4.42. The van der Waals surface area contributed by atoms with Crippen LogP contribution >= 0.6 is 15.9 Å². The van der Waals surface area contributed by atoms with Gasteiger partial charge in [-0.3, -0.25) is 4.72 Å². The summed E-state index contributed by atoms with van der Waals surface area (Å²) in [7, 11) is -3.35. The number of benzene rings is 1. The lowest BCUT2D eigenvalue weighted by Crippen LogP contribution is -2.21. The fraction of sp³-hybridized carbons (Fsp3) is 0.143. The lowest BCUT2D eigenvalue weighted by molar-refractivity contribution is 0.439. The van der Waals surface area contributed by atoms with Crippen LogP contribution in [-0.2, 0) is 10.0 Å². The van der Waals surface area contributed by atoms with Gasteiger partial charge in [-0.05, 0) is 34.1 Å². The van der Waals surface area contributed by atoms with E-state index in [-0.39, 0.29) is 0 Å². The highest BCUT2D eigenvalue weighted by Gasteiger charge is 2.09. The molecule has 0 aliphatic heterocycles. The number of sulfonamides is 1. The Morgan fingerprint density at radius 3 is 2.81 bits per heavy atom. The van der Waals surface area contributed by atoms with Gasteiger partial charge >= 0.3 is 0 Å². The summed E-state index contributed by atoms with van der Waals surface area (Å²) in [5.41, 5.74) is 0.482. The van der Waals surface area contributed by atoms with E-state index >= 15 is 0 Å². The first-order chi connectivity index (χ1) is 9.83. The standard InChI is InChI=1S/C14H13BrFNO3S/c1-21(18,19)17-10-4-2-3-5-11(8-10)20-12-6-7-13(15)14(16)9-12/h2-3,5-9,17H,4H2,1H3. The smallest absolute Gasteiger partial charge is 0.229 e. The molecule has 0 radical (unpaired) electrons. The predicted octanol–water partition coefficient (Wildman–Crippen LogP) is 3.24. The van der Waals surface area contributed by atoms with Gasteiger partial charge < -0.3 is 4.74 Å². The highest BCUT2D eigenvalue weighted by molar-refractivity contribution is 9.10. The van der Waals surface area contributed by atoms with Crippen molar-refractivity contribution in [1.29, 1.82) is 0 Å². The van der Waals surface area contributed by atoms with Gasteiger partial charge in [0.2, 0.25) is 10.0 Å². The maximum Gasteiger partial charge on any atom is 0.229 e. The lowest BCUT2D eigenvalue weighted by Gasteiger charge is -2.09. The Balaban J connectivity index is 2.21. The van der Waals surface area contributed by atoms with E-state index in [1.807, 2.05) is 0 Å². The van der Waals surface area contributed by atoms with Crippen molar-refractivity contribution >= 4 is 26.0 Å². The first-order valence-corrected chi connectivity index (χ1v) is 8.70. The van der Waals surface area contributed by atoms with Crippen LogP contribution in [0.15, 0.2) is 58.4 Å². The van der Waals surface area contributed by atoms with Gasteiger partial charge in [0.25, 0.3) is 0 Å². The van der Waals surface area contributed by atoms with Crippen molar-refractivity contribution < 1.29 is 17.5 Å². The van der Waals surface area contributed by atoms with E-state index in [1.165, 1.54) is 12.1 Å². The molecule has 1 N–H and O–H groups in total. The summed E-state index contributed by atoms with van der Waals surface area (Å²) >= 11 is 3.06. The van der Waals surface area contributed by atoms with E-state index in [1.54, 1.807) is 30.4 Å². The summed E-state index contributed by atoms with van der Waals surface area (Å²) < 4.78 is 44.3. The van der Waals surface area contributed by atoms with Gasteiger partial charge in [0, 0.05) is 24.3 Å². The molecule has 4 nitrogen and oxygen atoms in total. The Labute approximate surface area is 131 Å². The van der Waals surface area contributed by atoms with Crippen LogP contribution in [0, 0.1) is 5.82 Å². The van der Waals surface area contributed by atoms with E-state index in [4.69, 9.17) is 4.74 Å². The maximum absolute atomic E-state index is 13.4. The summed E-state index contributed by atoms with van der Waals surface area (Å²) in [6.07, 6.45) is 8.31. The van der Waals surface area contributed by atoms with Gasteiger partial charge in [-0.15, -0.1) is 0 Å². The summed E-state index contributed by atoms with van der Waals surface area (Å²) in [6, 6.07) is 4.40. The number of hydrogen-bond acceptors (Lipinski definition) is 3. The predicted molar refractivity (Wildman–Crippen MR) is 82.6 cm³/mol. The fourth-order valence-electron chi connectivity index (χ4n) is 1.69. The summed E-state index contributed by atoms with van der Waals surface area (Å²) in [6.45, 7) is 0. The second-order valence-corrected chi connectivity index (χ2v) is 7.03. The fourth-order valence-corrected chi connectivity index (χ4v) is 2.55. The molecule has 0 bridgehead atoms. The molecule has 0 spiro atoms. The zero-order chi connectivity index (χ0) is 15.5. The van der Waals surface area contributed by atoms with Crippen LogP contribution in [0.1, 0.15) is 6.42 Å². The number of nitrogens with one attached hydrogen (secondary N) is 1. The van der Waals surface area contributed by atoms with Gasteiger partial charge in [-0.2, -0.15) is 0 Å². The molecule has 0 amide bonds. The van der Waals surface area contributed by atoms with Gasteiger partial charge in [0.15, 0.2) is 0 Å². The van der Waals surface area contributed by atoms with Crippen molar-refractivity contribution in [3.05, 3.63) is 64.2 Å². The van der Waals surface area contributed by atoms with E-state index in [0.29, 0.717) is 28.1 Å². The van der Waals surface area contributed by atoms with Crippen LogP contribution in [0.25, 0.3) is 0 Å². The van der Waals surface area contributed by atoms with Crippen LogP contribution in [-0.4, -0.2) is 14.7 Å². The van der Waals surface area contributed by atoms with Crippen molar-refractivity contribution in [2.75, 3.05) is 6.26 Å². The molecule has 0 heterocycles. The molecule has 0 saturated carbocycles. The van der Waals surface area contributed by atoms with Crippen molar-refractivity contribution in [3.8, 4) is 5.75 Å². The molecule has 0 aromatic heterocycles. The third-order valence-corrected chi connectivity index (χ3v) is 3.77. The lowest BCUT2D eigenvalue weighted by atomic mass is 10.3. The zero-order valence-corrected chi connectivity index (χ0v) is 13.5. The van der Waals surface area contributed by atoms with Crippen LogP contribution in [0.5, 0.6) is 5.75 Å². The third kappa shape index (κ3) is 5.02. The topological polar surface area (TPSA) is 55.4 Å². The van der Waals surface area contributed by atoms with Crippen molar-refractivity contribution in [2.24, 2.45) is 0 Å². The molecule has 0 atom stereocenters. The third-order valence-electron chi connectivity index (χ3n) is 2.49. The Bertz CT molecular complexity index is 739. The van der Waals surface area contributed by atoms with Crippen LogP contribution in [0.3, 0.4) is 0 Å². The monoisotopic (exact) mass is 373 g/mol. The number of allylic oxidation sites excluding steroid dienone is 4. The van der Waals surface area contributed by atoms with E-state index in [9.17, 15) is 12.8 Å². The number of halogens is 2. The average Bonchev–Trinajstić information content (AvgIpc) is 2.57. The Kier molecular flexibility index (Phi) is 4.84. The molecular weight excluding hydrogens is 361 g/mol. The van der Waals surface area contributed by atoms with Crippen LogP contribution < -0.4 is 9.46 Å². The SMILES string of the molecule is CS(=O)(=O)NC1=CC(Oc2ccc(Br)c(F)c2)=CC=CC1. The largest absolute Gasteiger partial charge is 0.457 e. The number of hydrogen-bond donors (Lipinski definition) is 1. The van der Waals surface area contributed by atoms with E-state index < -0.39 is 15.8 Å². The summed E-state index contributed by atoms with van der Waals surface area (Å²) in [5, 5.41) is 0. The number of ether oxygens (including phenoxy) is 1. The Morgan fingerprint density at radius 2 is 2.14 bits per heavy atom. The number of rotatable bonds is 4. The quantitative estimate of drug-likeness (QED) is 0.881. The van der Waals surface area contributed by atoms with Gasteiger partial charge in [0.05, 0.1) is 10.7 Å². The average molecular weight is 374 g/mol. The molecule has 1 aromatic rings. The normalized spacial score (nSPS) is 15.0. The molecule has 112 valence electrons. The molecule has 21 heavy (non-hydrogen) atoms. The van der Waals surface area contributed by atoms with Gasteiger partial charge in [0.1, 0.15) is 17.3 Å². The Hall–Kier alpha value is -1.60. The first kappa shape index (κ1) is 15.8. The maximum atomic E-state index is 13.4. The minimum Gasteiger partial charge on any atom is -0.457 e. The van der Waals surface area contributed by atoms with Gasteiger partial charge in [-0.1, -0.05) is 12.2 Å². The van der Waals surface area contributed by atoms with Gasteiger partial charge in [-0.25, -0.2) is 12.8 Å². The Morgan fingerprint density at radius 1 is 1.38 bits per heavy atom. The van der Waals surface area contributed by atoms with Crippen molar-refractivity contribution in [3.63, 3.8) is 0 Å².